The summed E-state index contributed by atoms with van der Waals surface area (Å²) in [5.74, 6) is 0.310. The van der Waals surface area contributed by atoms with Crippen molar-refractivity contribution in [3.8, 4) is 39.1 Å². The van der Waals surface area contributed by atoms with E-state index >= 15 is 0 Å². The summed E-state index contributed by atoms with van der Waals surface area (Å²) in [6, 6.07) is 31.2. The number of hydrogen-bond acceptors (Lipinski definition) is 2. The van der Waals surface area contributed by atoms with E-state index in [9.17, 15) is 4.79 Å². The molecule has 0 amide bonds. The molecule has 0 heterocycles. The molecule has 1 N–H and O–H groups in total. The molecule has 0 spiro atoms. The fourth-order valence-electron chi connectivity index (χ4n) is 5.40. The van der Waals surface area contributed by atoms with Crippen LogP contribution in [-0.2, 0) is 10.8 Å². The van der Waals surface area contributed by atoms with E-state index in [1.54, 1.807) is 12.1 Å². The van der Waals surface area contributed by atoms with Crippen LogP contribution in [0.25, 0.3) is 33.4 Å². The molecule has 182 valence electrons. The molecule has 0 aromatic heterocycles. The van der Waals surface area contributed by atoms with Crippen molar-refractivity contribution < 1.29 is 14.6 Å². The molecule has 0 bridgehead atoms. The van der Waals surface area contributed by atoms with Crippen LogP contribution < -0.4 is 4.74 Å². The number of rotatable bonds is 4. The molecule has 0 unspecified atom stereocenters. The summed E-state index contributed by atoms with van der Waals surface area (Å²) in [7, 11) is 0. The van der Waals surface area contributed by atoms with E-state index in [1.807, 2.05) is 30.3 Å². The summed E-state index contributed by atoms with van der Waals surface area (Å²) in [6.07, 6.45) is 1.05. The Balaban J connectivity index is 1.67. The lowest BCUT2D eigenvalue weighted by Gasteiger charge is -2.42. The van der Waals surface area contributed by atoms with Crippen molar-refractivity contribution in [3.05, 3.63) is 102 Å². The molecule has 0 aliphatic heterocycles. The summed E-state index contributed by atoms with van der Waals surface area (Å²) < 4.78 is 4.83. The molecule has 36 heavy (non-hydrogen) atoms. The minimum atomic E-state index is -1.31. The van der Waals surface area contributed by atoms with Crippen LogP contribution in [0.5, 0.6) is 5.75 Å². The lowest BCUT2D eigenvalue weighted by atomic mass is 9.63. The van der Waals surface area contributed by atoms with Crippen LogP contribution in [0.4, 0.5) is 4.79 Å². The largest absolute Gasteiger partial charge is 0.511 e. The van der Waals surface area contributed by atoms with Gasteiger partial charge in [0.15, 0.2) is 0 Å². The number of fused-ring (bicyclic) bond motifs is 1. The maximum Gasteiger partial charge on any atom is 0.511 e. The fraction of sp³-hybridized carbons (Fsp3) is 0.242. The molecule has 0 atom stereocenters. The van der Waals surface area contributed by atoms with Gasteiger partial charge in [0, 0.05) is 0 Å². The first kappa shape index (κ1) is 23.9. The Hall–Kier alpha value is -3.85. The minimum Gasteiger partial charge on any atom is -0.449 e. The quantitative estimate of drug-likeness (QED) is 0.236. The first-order valence-corrected chi connectivity index (χ1v) is 12.5. The van der Waals surface area contributed by atoms with Gasteiger partial charge in [-0.05, 0) is 86.4 Å². The third-order valence-corrected chi connectivity index (χ3v) is 7.66. The molecule has 3 heteroatoms. The highest BCUT2D eigenvalue weighted by Crippen LogP contribution is 2.47. The van der Waals surface area contributed by atoms with Gasteiger partial charge < -0.3 is 9.84 Å². The highest BCUT2D eigenvalue weighted by molar-refractivity contribution is 5.87. The lowest BCUT2D eigenvalue weighted by Crippen LogP contribution is -2.33. The van der Waals surface area contributed by atoms with E-state index in [4.69, 9.17) is 9.84 Å². The summed E-state index contributed by atoms with van der Waals surface area (Å²) >= 11 is 0. The van der Waals surface area contributed by atoms with E-state index in [0.29, 0.717) is 5.75 Å². The van der Waals surface area contributed by atoms with Crippen LogP contribution in [0.3, 0.4) is 0 Å². The average molecular weight is 477 g/mol. The molecule has 1 aliphatic rings. The first-order valence-electron chi connectivity index (χ1n) is 12.5. The van der Waals surface area contributed by atoms with Gasteiger partial charge >= 0.3 is 6.16 Å². The number of benzene rings is 4. The molecule has 1 aliphatic carbocycles. The summed E-state index contributed by atoms with van der Waals surface area (Å²) in [4.78, 5) is 11.0. The second kappa shape index (κ2) is 8.98. The number of hydrogen-bond donors (Lipinski definition) is 1. The molecule has 0 fully saturated rings. The topological polar surface area (TPSA) is 46.5 Å². The van der Waals surface area contributed by atoms with E-state index < -0.39 is 6.16 Å². The predicted molar refractivity (Wildman–Crippen MR) is 147 cm³/mol. The standard InChI is InChI=1S/C33H32O3/c1-32(2)18-19-33(3,4)30-21-25(13-17-29(30)32)27-16-12-24(22-8-6-5-7-9-22)20-28(27)23-10-14-26(15-11-23)36-31(34)35/h5-17,20-21H,18-19H2,1-4H3,(H,34,35). The molecule has 0 radical (unpaired) electrons. The molecule has 3 nitrogen and oxygen atoms in total. The SMILES string of the molecule is CC1(C)CCC(C)(C)c2cc(-c3ccc(-c4ccccc4)cc3-c3ccc(OC(=O)O)cc3)ccc21. The average Bonchev–Trinajstić information content (AvgIpc) is 2.87. The Kier molecular flexibility index (Phi) is 5.96. The predicted octanol–water partition coefficient (Wildman–Crippen LogP) is 9.09. The Morgan fingerprint density at radius 1 is 0.639 bits per heavy atom. The zero-order chi connectivity index (χ0) is 25.5. The number of ether oxygens (including phenoxy) is 1. The van der Waals surface area contributed by atoms with Gasteiger partial charge in [-0.25, -0.2) is 4.79 Å². The van der Waals surface area contributed by atoms with Crippen molar-refractivity contribution in [1.82, 2.24) is 0 Å². The monoisotopic (exact) mass is 476 g/mol. The normalized spacial score (nSPS) is 15.7. The van der Waals surface area contributed by atoms with Gasteiger partial charge in [-0.15, -0.1) is 0 Å². The van der Waals surface area contributed by atoms with E-state index in [2.05, 4.69) is 76.2 Å². The zero-order valence-corrected chi connectivity index (χ0v) is 21.3. The molecule has 4 aromatic carbocycles. The van der Waals surface area contributed by atoms with Crippen molar-refractivity contribution in [2.45, 2.75) is 51.4 Å². The molecule has 0 saturated heterocycles. The van der Waals surface area contributed by atoms with Gasteiger partial charge in [-0.2, -0.15) is 0 Å². The van der Waals surface area contributed by atoms with Crippen LogP contribution in [-0.4, -0.2) is 11.3 Å². The third-order valence-electron chi connectivity index (χ3n) is 7.66. The van der Waals surface area contributed by atoms with Gasteiger partial charge in [0.2, 0.25) is 0 Å². The Morgan fingerprint density at radius 2 is 1.25 bits per heavy atom. The second-order valence-electron chi connectivity index (χ2n) is 11.0. The van der Waals surface area contributed by atoms with Crippen LogP contribution in [0.2, 0.25) is 0 Å². The van der Waals surface area contributed by atoms with Crippen LogP contribution in [0.1, 0.15) is 51.7 Å². The Morgan fingerprint density at radius 3 is 1.92 bits per heavy atom. The van der Waals surface area contributed by atoms with E-state index in [1.165, 1.54) is 29.5 Å². The molecular weight excluding hydrogens is 444 g/mol. The number of carboxylic acid groups (broad SMARTS) is 1. The van der Waals surface area contributed by atoms with Gasteiger partial charge in [0.1, 0.15) is 5.75 Å². The molecule has 0 saturated carbocycles. The molecular formula is C33H32O3. The van der Waals surface area contributed by atoms with Crippen LogP contribution >= 0.6 is 0 Å². The van der Waals surface area contributed by atoms with Gasteiger partial charge in [0.25, 0.3) is 0 Å². The van der Waals surface area contributed by atoms with Crippen molar-refractivity contribution in [1.29, 1.82) is 0 Å². The van der Waals surface area contributed by atoms with Crippen molar-refractivity contribution >= 4 is 6.16 Å². The highest BCUT2D eigenvalue weighted by Gasteiger charge is 2.37. The van der Waals surface area contributed by atoms with Crippen LogP contribution in [0.15, 0.2) is 91.0 Å². The Bertz CT molecular complexity index is 1410. The van der Waals surface area contributed by atoms with Crippen LogP contribution in [0, 0.1) is 0 Å². The fourth-order valence-corrected chi connectivity index (χ4v) is 5.40. The Labute approximate surface area is 213 Å². The highest BCUT2D eigenvalue weighted by atomic mass is 16.7. The molecule has 5 rings (SSSR count). The third kappa shape index (κ3) is 4.54. The zero-order valence-electron chi connectivity index (χ0n) is 21.3. The van der Waals surface area contributed by atoms with Gasteiger partial charge in [-0.1, -0.05) is 100 Å². The van der Waals surface area contributed by atoms with E-state index in [0.717, 1.165) is 27.8 Å². The van der Waals surface area contributed by atoms with Crippen molar-refractivity contribution in [2.75, 3.05) is 0 Å². The summed E-state index contributed by atoms with van der Waals surface area (Å²) in [6.45, 7) is 9.40. The summed E-state index contributed by atoms with van der Waals surface area (Å²) in [5, 5.41) is 8.96. The maximum absolute atomic E-state index is 11.0. The number of carbonyl (C=O) groups is 1. The van der Waals surface area contributed by atoms with Crippen molar-refractivity contribution in [2.24, 2.45) is 0 Å². The van der Waals surface area contributed by atoms with Crippen molar-refractivity contribution in [3.63, 3.8) is 0 Å². The smallest absolute Gasteiger partial charge is 0.449 e. The minimum absolute atomic E-state index is 0.126. The van der Waals surface area contributed by atoms with Gasteiger partial charge in [0.05, 0.1) is 0 Å². The van der Waals surface area contributed by atoms with Gasteiger partial charge in [-0.3, -0.25) is 0 Å². The van der Waals surface area contributed by atoms with E-state index in [-0.39, 0.29) is 10.8 Å². The first-order chi connectivity index (χ1) is 17.1. The second-order valence-corrected chi connectivity index (χ2v) is 11.0. The lowest BCUT2D eigenvalue weighted by molar-refractivity contribution is 0.144. The molecule has 4 aromatic rings. The maximum atomic E-state index is 11.0. The summed E-state index contributed by atoms with van der Waals surface area (Å²) in [5.41, 5.74) is 9.93.